The van der Waals surface area contributed by atoms with Crippen molar-refractivity contribution in [1.82, 2.24) is 14.8 Å². The van der Waals surface area contributed by atoms with Crippen molar-refractivity contribution in [2.75, 3.05) is 46.0 Å². The Morgan fingerprint density at radius 2 is 1.92 bits per heavy atom. The molecule has 192 valence electrons. The van der Waals surface area contributed by atoms with Crippen LogP contribution in [0.4, 0.5) is 4.79 Å². The number of H-pyrrole nitrogens is 1. The molecule has 8 heteroatoms. The predicted octanol–water partition coefficient (Wildman–Crippen LogP) is 5.41. The van der Waals surface area contributed by atoms with E-state index in [0.29, 0.717) is 18.2 Å². The number of fused-ring (bicyclic) bond motifs is 3. The Hall–Kier alpha value is -2.74. The fraction of sp³-hybridized carbons (Fsp3) is 0.464. The first-order valence-electron chi connectivity index (χ1n) is 12.8. The summed E-state index contributed by atoms with van der Waals surface area (Å²) in [6, 6.07) is 13.7. The van der Waals surface area contributed by atoms with Crippen LogP contribution in [0.3, 0.4) is 0 Å². The normalized spacial score (nSPS) is 18.4. The van der Waals surface area contributed by atoms with Crippen LogP contribution in [0.25, 0.3) is 10.9 Å². The highest BCUT2D eigenvalue weighted by molar-refractivity contribution is 6.31. The van der Waals surface area contributed by atoms with Gasteiger partial charge in [0.1, 0.15) is 11.8 Å². The molecule has 2 aliphatic rings. The summed E-state index contributed by atoms with van der Waals surface area (Å²) in [6.07, 6.45) is 1.22. The van der Waals surface area contributed by atoms with E-state index >= 15 is 0 Å². The maximum atomic E-state index is 13.1. The number of carbonyl (C=O) groups is 1. The van der Waals surface area contributed by atoms with Gasteiger partial charge in [0, 0.05) is 47.8 Å². The van der Waals surface area contributed by atoms with Crippen molar-refractivity contribution < 1.29 is 19.0 Å². The van der Waals surface area contributed by atoms with Gasteiger partial charge in [0.25, 0.3) is 0 Å². The van der Waals surface area contributed by atoms with E-state index in [9.17, 15) is 4.79 Å². The van der Waals surface area contributed by atoms with E-state index < -0.39 is 0 Å². The quantitative estimate of drug-likeness (QED) is 0.429. The van der Waals surface area contributed by atoms with Crippen LogP contribution in [0.2, 0.25) is 5.02 Å². The van der Waals surface area contributed by atoms with Gasteiger partial charge >= 0.3 is 6.09 Å². The van der Waals surface area contributed by atoms with Crippen LogP contribution in [0.15, 0.2) is 42.5 Å². The van der Waals surface area contributed by atoms with E-state index in [4.69, 9.17) is 25.8 Å². The molecular weight excluding hydrogens is 478 g/mol. The van der Waals surface area contributed by atoms with Gasteiger partial charge in [-0.3, -0.25) is 9.80 Å². The lowest BCUT2D eigenvalue weighted by Gasteiger charge is -2.36. The van der Waals surface area contributed by atoms with Gasteiger partial charge in [0.15, 0.2) is 0 Å². The molecule has 0 bridgehead atoms. The largest absolute Gasteiger partial charge is 0.494 e. The van der Waals surface area contributed by atoms with Crippen molar-refractivity contribution in [2.45, 2.75) is 38.8 Å². The number of amides is 1. The third kappa shape index (κ3) is 5.48. The first-order valence-corrected chi connectivity index (χ1v) is 13.2. The molecule has 1 unspecified atom stereocenters. The average Bonchev–Trinajstić information content (AvgIpc) is 3.24. The summed E-state index contributed by atoms with van der Waals surface area (Å²) in [6.45, 7) is 9.62. The Bertz CT molecular complexity index is 1190. The number of aromatic amines is 1. The van der Waals surface area contributed by atoms with Crippen molar-refractivity contribution in [2.24, 2.45) is 0 Å². The van der Waals surface area contributed by atoms with Crippen LogP contribution in [-0.4, -0.2) is 73.0 Å². The fourth-order valence-corrected chi connectivity index (χ4v) is 5.29. The zero-order valence-corrected chi connectivity index (χ0v) is 21.7. The highest BCUT2D eigenvalue weighted by Crippen LogP contribution is 2.39. The van der Waals surface area contributed by atoms with Gasteiger partial charge in [0.2, 0.25) is 0 Å². The van der Waals surface area contributed by atoms with Crippen LogP contribution in [0.1, 0.15) is 43.1 Å². The van der Waals surface area contributed by atoms with E-state index in [0.717, 1.165) is 73.6 Å². The minimum Gasteiger partial charge on any atom is -0.494 e. The van der Waals surface area contributed by atoms with Crippen LogP contribution in [0, 0.1) is 0 Å². The number of carbonyl (C=O) groups excluding carboxylic acids is 1. The van der Waals surface area contributed by atoms with Gasteiger partial charge in [-0.15, -0.1) is 0 Å². The van der Waals surface area contributed by atoms with E-state index in [-0.39, 0.29) is 18.2 Å². The molecule has 3 aromatic rings. The zero-order valence-electron chi connectivity index (χ0n) is 21.0. The molecule has 3 heterocycles. The lowest BCUT2D eigenvalue weighted by Crippen LogP contribution is -2.41. The lowest BCUT2D eigenvalue weighted by atomic mass is 9.92. The highest BCUT2D eigenvalue weighted by Gasteiger charge is 2.35. The topological polar surface area (TPSA) is 67.0 Å². The number of aromatic nitrogens is 1. The van der Waals surface area contributed by atoms with Crippen molar-refractivity contribution >= 4 is 28.6 Å². The van der Waals surface area contributed by atoms with Gasteiger partial charge < -0.3 is 19.2 Å². The second-order valence-corrected chi connectivity index (χ2v) is 10.1. The molecule has 1 amide bonds. The van der Waals surface area contributed by atoms with E-state index in [1.165, 1.54) is 5.56 Å². The second kappa shape index (κ2) is 11.1. The Morgan fingerprint density at radius 1 is 1.14 bits per heavy atom. The van der Waals surface area contributed by atoms with Crippen molar-refractivity contribution in [1.29, 1.82) is 0 Å². The highest BCUT2D eigenvalue weighted by atomic mass is 35.5. The minimum absolute atomic E-state index is 0.186. The molecule has 0 aliphatic carbocycles. The number of hydrogen-bond donors (Lipinski definition) is 1. The van der Waals surface area contributed by atoms with Gasteiger partial charge in [-0.05, 0) is 68.1 Å². The number of benzene rings is 2. The van der Waals surface area contributed by atoms with Gasteiger partial charge in [-0.1, -0.05) is 23.7 Å². The predicted molar refractivity (Wildman–Crippen MR) is 141 cm³/mol. The summed E-state index contributed by atoms with van der Waals surface area (Å²) in [5.74, 6) is 0.830. The zero-order chi connectivity index (χ0) is 25.1. The molecule has 1 atom stereocenters. The number of nitrogens with one attached hydrogen (secondary N) is 1. The van der Waals surface area contributed by atoms with Crippen LogP contribution in [0.5, 0.6) is 5.75 Å². The van der Waals surface area contributed by atoms with Crippen LogP contribution in [-0.2, 0) is 15.9 Å². The Labute approximate surface area is 217 Å². The molecule has 0 saturated carbocycles. The van der Waals surface area contributed by atoms with Crippen molar-refractivity contribution in [3.05, 3.63) is 64.3 Å². The molecule has 5 rings (SSSR count). The number of morpholine rings is 1. The van der Waals surface area contributed by atoms with Crippen molar-refractivity contribution in [3.8, 4) is 5.75 Å². The lowest BCUT2D eigenvalue weighted by molar-refractivity contribution is 0.0358. The number of halogens is 1. The summed E-state index contributed by atoms with van der Waals surface area (Å²) >= 11 is 6.30. The summed E-state index contributed by atoms with van der Waals surface area (Å²) in [5, 5.41) is 1.82. The first-order chi connectivity index (χ1) is 17.5. The molecule has 1 fully saturated rings. The molecule has 1 aromatic heterocycles. The molecule has 2 aromatic carbocycles. The molecule has 0 spiro atoms. The summed E-state index contributed by atoms with van der Waals surface area (Å²) in [4.78, 5) is 20.9. The van der Waals surface area contributed by atoms with E-state index in [1.807, 2.05) is 61.2 Å². The number of nitrogens with zero attached hydrogens (tertiary/aromatic N) is 2. The summed E-state index contributed by atoms with van der Waals surface area (Å²) < 4.78 is 17.0. The van der Waals surface area contributed by atoms with Gasteiger partial charge in [-0.2, -0.15) is 0 Å². The molecule has 0 radical (unpaired) electrons. The van der Waals surface area contributed by atoms with E-state index in [1.54, 1.807) is 0 Å². The maximum absolute atomic E-state index is 13.1. The maximum Gasteiger partial charge on any atom is 0.410 e. The third-order valence-electron chi connectivity index (χ3n) is 6.85. The number of hydrogen-bond acceptors (Lipinski definition) is 5. The second-order valence-electron chi connectivity index (χ2n) is 9.71. The molecule has 2 aliphatic heterocycles. The van der Waals surface area contributed by atoms with E-state index in [2.05, 4.69) is 9.88 Å². The number of ether oxygens (including phenoxy) is 3. The standard InChI is InChI=1S/C28H34ClN3O4/c1-19(2)36-28(33)32-12-10-23-24-18-21(29)6-9-25(24)30-26(23)27(32)20-4-7-22(8-5-20)35-15-3-11-31-13-16-34-17-14-31/h4-9,18-19,27,30H,3,10-17H2,1-2H3. The average molecular weight is 512 g/mol. The fourth-order valence-electron chi connectivity index (χ4n) is 5.12. The SMILES string of the molecule is CC(C)OC(=O)N1CCc2c([nH]c3ccc(Cl)cc23)C1c1ccc(OCCCN2CCOCC2)cc1. The summed E-state index contributed by atoms with van der Waals surface area (Å²) in [7, 11) is 0. The monoisotopic (exact) mass is 511 g/mol. The minimum atomic E-state index is -0.305. The smallest absolute Gasteiger partial charge is 0.410 e. The Kier molecular flexibility index (Phi) is 7.70. The molecular formula is C28H34ClN3O4. The third-order valence-corrected chi connectivity index (χ3v) is 7.08. The number of rotatable bonds is 7. The Morgan fingerprint density at radius 3 is 2.67 bits per heavy atom. The van der Waals surface area contributed by atoms with Crippen molar-refractivity contribution in [3.63, 3.8) is 0 Å². The van der Waals surface area contributed by atoms with Gasteiger partial charge in [-0.25, -0.2) is 4.79 Å². The van der Waals surface area contributed by atoms with Crippen LogP contribution >= 0.6 is 11.6 Å². The first kappa shape index (κ1) is 24.9. The molecule has 1 N–H and O–H groups in total. The Balaban J connectivity index is 1.34. The molecule has 7 nitrogen and oxygen atoms in total. The molecule has 36 heavy (non-hydrogen) atoms. The molecule has 1 saturated heterocycles. The van der Waals surface area contributed by atoms with Gasteiger partial charge in [0.05, 0.1) is 25.9 Å². The summed E-state index contributed by atoms with van der Waals surface area (Å²) in [5.41, 5.74) is 4.25. The van der Waals surface area contributed by atoms with Crippen LogP contribution < -0.4 is 4.74 Å².